The van der Waals surface area contributed by atoms with Gasteiger partial charge in [0, 0.05) is 43.2 Å². The maximum atomic E-state index is 12.8. The van der Waals surface area contributed by atoms with E-state index in [2.05, 4.69) is 32.7 Å². The zero-order valence-corrected chi connectivity index (χ0v) is 14.2. The van der Waals surface area contributed by atoms with Crippen LogP contribution in [0.1, 0.15) is 11.3 Å². The number of ether oxygens (including phenoxy) is 1. The number of carbonyl (C=O) groups is 1. The van der Waals surface area contributed by atoms with Gasteiger partial charge in [-0.15, -0.1) is 11.3 Å². The van der Waals surface area contributed by atoms with Gasteiger partial charge < -0.3 is 10.1 Å². The first-order valence-corrected chi connectivity index (χ1v) is 9.25. The Labute approximate surface area is 145 Å². The van der Waals surface area contributed by atoms with Crippen LogP contribution in [-0.2, 0) is 16.1 Å². The number of hydrogen-bond donors (Lipinski definition) is 1. The van der Waals surface area contributed by atoms with Gasteiger partial charge in [0.15, 0.2) is 0 Å². The number of anilines is 1. The molecule has 1 amide bonds. The van der Waals surface area contributed by atoms with Gasteiger partial charge in [-0.25, -0.2) is 0 Å². The lowest BCUT2D eigenvalue weighted by molar-refractivity contribution is -0.125. The van der Waals surface area contributed by atoms with Gasteiger partial charge in [-0.2, -0.15) is 0 Å². The maximum Gasteiger partial charge on any atom is 0.229 e. The molecule has 126 valence electrons. The highest BCUT2D eigenvalue weighted by atomic mass is 32.1. The van der Waals surface area contributed by atoms with Crippen molar-refractivity contribution in [3.63, 3.8) is 0 Å². The van der Waals surface area contributed by atoms with Gasteiger partial charge in [0.2, 0.25) is 5.91 Å². The van der Waals surface area contributed by atoms with Gasteiger partial charge in [0.25, 0.3) is 0 Å². The zero-order chi connectivity index (χ0) is 16.4. The van der Waals surface area contributed by atoms with E-state index in [0.717, 1.165) is 38.3 Å². The lowest BCUT2D eigenvalue weighted by Crippen LogP contribution is -2.51. The quantitative estimate of drug-likeness (QED) is 0.927. The molecule has 6 heteroatoms. The minimum absolute atomic E-state index is 0.0357. The van der Waals surface area contributed by atoms with Gasteiger partial charge >= 0.3 is 0 Å². The molecule has 0 spiro atoms. The number of amides is 1. The Balaban J connectivity index is 1.48. The van der Waals surface area contributed by atoms with Crippen molar-refractivity contribution in [1.29, 1.82) is 0 Å². The first-order chi connectivity index (χ1) is 11.8. The van der Waals surface area contributed by atoms with Crippen LogP contribution >= 0.6 is 11.3 Å². The van der Waals surface area contributed by atoms with E-state index in [1.165, 1.54) is 4.88 Å². The standard InChI is InChI=1S/C18H21N3O2S/c22-18(20-13-3-1-6-19-9-13)16-11-21(10-14-4-2-8-24-14)12-17-15(16)5-7-23-17/h1-4,6,8-9,15-17H,5,7,10-12H2,(H,20,22)/t15-,16-,17+/m1/s1. The molecule has 4 heterocycles. The number of likely N-dealkylation sites (tertiary alicyclic amines) is 1. The summed E-state index contributed by atoms with van der Waals surface area (Å²) in [4.78, 5) is 20.6. The van der Waals surface area contributed by atoms with Crippen LogP contribution in [0, 0.1) is 11.8 Å². The van der Waals surface area contributed by atoms with Crippen molar-refractivity contribution in [2.75, 3.05) is 25.0 Å². The van der Waals surface area contributed by atoms with Crippen molar-refractivity contribution < 1.29 is 9.53 Å². The molecule has 2 aliphatic rings. The van der Waals surface area contributed by atoms with E-state index in [1.807, 2.05) is 12.1 Å². The summed E-state index contributed by atoms with van der Waals surface area (Å²) in [6.07, 6.45) is 4.54. The molecule has 0 unspecified atom stereocenters. The van der Waals surface area contributed by atoms with Crippen molar-refractivity contribution in [3.8, 4) is 0 Å². The summed E-state index contributed by atoms with van der Waals surface area (Å²) in [5.74, 6) is 0.368. The van der Waals surface area contributed by atoms with Crippen molar-refractivity contribution in [3.05, 3.63) is 46.9 Å². The summed E-state index contributed by atoms with van der Waals surface area (Å²) in [6.45, 7) is 3.35. The molecular weight excluding hydrogens is 322 g/mol. The second-order valence-corrected chi connectivity index (χ2v) is 7.50. The topological polar surface area (TPSA) is 54.5 Å². The van der Waals surface area contributed by atoms with Crippen LogP contribution in [0.4, 0.5) is 5.69 Å². The minimum atomic E-state index is -0.0357. The van der Waals surface area contributed by atoms with E-state index < -0.39 is 0 Å². The van der Waals surface area contributed by atoms with Crippen LogP contribution in [0.25, 0.3) is 0 Å². The summed E-state index contributed by atoms with van der Waals surface area (Å²) in [7, 11) is 0. The van der Waals surface area contributed by atoms with Crippen LogP contribution in [-0.4, -0.2) is 41.6 Å². The molecule has 2 saturated heterocycles. The second kappa shape index (κ2) is 7.01. The molecule has 0 aliphatic carbocycles. The van der Waals surface area contributed by atoms with E-state index in [9.17, 15) is 4.79 Å². The summed E-state index contributed by atoms with van der Waals surface area (Å²) in [6, 6.07) is 7.93. The van der Waals surface area contributed by atoms with Gasteiger partial charge in [-0.3, -0.25) is 14.7 Å². The Morgan fingerprint density at radius 1 is 1.38 bits per heavy atom. The van der Waals surface area contributed by atoms with Gasteiger partial charge in [0.05, 0.1) is 23.9 Å². The third-order valence-corrected chi connectivity index (χ3v) is 5.76. The first-order valence-electron chi connectivity index (χ1n) is 8.37. The molecule has 0 saturated carbocycles. The highest BCUT2D eigenvalue weighted by Gasteiger charge is 2.43. The van der Waals surface area contributed by atoms with Crippen LogP contribution < -0.4 is 5.32 Å². The Morgan fingerprint density at radius 3 is 3.12 bits per heavy atom. The predicted molar refractivity (Wildman–Crippen MR) is 93.8 cm³/mol. The lowest BCUT2D eigenvalue weighted by Gasteiger charge is -2.39. The number of carbonyl (C=O) groups excluding carboxylic acids is 1. The molecule has 0 radical (unpaired) electrons. The number of piperidine rings is 1. The van der Waals surface area contributed by atoms with Crippen molar-refractivity contribution in [2.24, 2.45) is 11.8 Å². The average Bonchev–Trinajstić information content (AvgIpc) is 3.26. The van der Waals surface area contributed by atoms with Gasteiger partial charge in [-0.1, -0.05) is 6.07 Å². The molecule has 4 rings (SSSR count). The van der Waals surface area contributed by atoms with E-state index in [-0.39, 0.29) is 17.9 Å². The van der Waals surface area contributed by atoms with Crippen molar-refractivity contribution in [1.82, 2.24) is 9.88 Å². The summed E-state index contributed by atoms with van der Waals surface area (Å²) in [5.41, 5.74) is 0.758. The van der Waals surface area contributed by atoms with E-state index in [0.29, 0.717) is 5.92 Å². The number of thiophene rings is 1. The minimum Gasteiger partial charge on any atom is -0.377 e. The molecule has 2 aromatic rings. The number of nitrogens with one attached hydrogen (secondary N) is 1. The molecule has 2 fully saturated rings. The molecule has 0 aromatic carbocycles. The molecule has 1 N–H and O–H groups in total. The number of nitrogens with zero attached hydrogens (tertiary/aromatic N) is 2. The fourth-order valence-corrected chi connectivity index (χ4v) is 4.50. The molecule has 24 heavy (non-hydrogen) atoms. The average molecular weight is 343 g/mol. The normalized spacial score (nSPS) is 26.9. The van der Waals surface area contributed by atoms with Crippen LogP contribution in [0.2, 0.25) is 0 Å². The fraction of sp³-hybridized carbons (Fsp3) is 0.444. The fourth-order valence-electron chi connectivity index (χ4n) is 3.76. The predicted octanol–water partition coefficient (Wildman–Crippen LogP) is 2.62. The lowest BCUT2D eigenvalue weighted by atomic mass is 9.82. The first kappa shape index (κ1) is 15.7. The third kappa shape index (κ3) is 3.36. The Kier molecular flexibility index (Phi) is 4.60. The monoisotopic (exact) mass is 343 g/mol. The van der Waals surface area contributed by atoms with Gasteiger partial charge in [-0.05, 0) is 30.0 Å². The largest absolute Gasteiger partial charge is 0.377 e. The SMILES string of the molecule is O=C(Nc1cccnc1)[C@@H]1CN(Cc2cccs2)C[C@@H]2OCC[C@@H]21. The van der Waals surface area contributed by atoms with E-state index >= 15 is 0 Å². The summed E-state index contributed by atoms with van der Waals surface area (Å²) >= 11 is 1.76. The molecule has 5 nitrogen and oxygen atoms in total. The zero-order valence-electron chi connectivity index (χ0n) is 13.4. The highest BCUT2D eigenvalue weighted by Crippen LogP contribution is 2.35. The summed E-state index contributed by atoms with van der Waals surface area (Å²) < 4.78 is 5.91. The highest BCUT2D eigenvalue weighted by molar-refractivity contribution is 7.09. The number of rotatable bonds is 4. The second-order valence-electron chi connectivity index (χ2n) is 6.47. The van der Waals surface area contributed by atoms with Crippen LogP contribution in [0.5, 0.6) is 0 Å². The van der Waals surface area contributed by atoms with Crippen molar-refractivity contribution in [2.45, 2.75) is 19.1 Å². The van der Waals surface area contributed by atoms with Crippen LogP contribution in [0.15, 0.2) is 42.0 Å². The Hall–Kier alpha value is -1.76. The van der Waals surface area contributed by atoms with Gasteiger partial charge in [0.1, 0.15) is 0 Å². The molecule has 2 aromatic heterocycles. The molecule has 3 atom stereocenters. The van der Waals surface area contributed by atoms with Crippen LogP contribution in [0.3, 0.4) is 0 Å². The maximum absolute atomic E-state index is 12.8. The number of pyridine rings is 1. The molecule has 2 aliphatic heterocycles. The molecular formula is C18H21N3O2S. The number of hydrogen-bond acceptors (Lipinski definition) is 5. The van der Waals surface area contributed by atoms with E-state index in [1.54, 1.807) is 23.7 Å². The van der Waals surface area contributed by atoms with Crippen molar-refractivity contribution >= 4 is 22.9 Å². The smallest absolute Gasteiger partial charge is 0.229 e. The summed E-state index contributed by atoms with van der Waals surface area (Å²) in [5, 5.41) is 5.12. The number of fused-ring (bicyclic) bond motifs is 1. The number of aromatic nitrogens is 1. The van der Waals surface area contributed by atoms with E-state index in [4.69, 9.17) is 4.74 Å². The Bertz CT molecular complexity index is 677. The molecule has 0 bridgehead atoms. The Morgan fingerprint density at radius 2 is 2.33 bits per heavy atom. The third-order valence-electron chi connectivity index (χ3n) is 4.90.